The second-order valence-corrected chi connectivity index (χ2v) is 5.10. The summed E-state index contributed by atoms with van der Waals surface area (Å²) in [5, 5.41) is 2.80. The number of carbonyl (C=O) groups excluding carboxylic acids is 1. The van der Waals surface area contributed by atoms with Gasteiger partial charge in [-0.2, -0.15) is 0 Å². The van der Waals surface area contributed by atoms with Crippen molar-refractivity contribution in [2.45, 2.75) is 37.6 Å². The fourth-order valence-corrected chi connectivity index (χ4v) is 2.60. The van der Waals surface area contributed by atoms with Gasteiger partial charge in [0.05, 0.1) is 11.1 Å². The molecular weight excluding hydrogens is 250 g/mol. The van der Waals surface area contributed by atoms with Gasteiger partial charge in [0.2, 0.25) is 0 Å². The lowest BCUT2D eigenvalue weighted by molar-refractivity contribution is 0.0869. The van der Waals surface area contributed by atoms with E-state index in [9.17, 15) is 13.6 Å². The first-order chi connectivity index (χ1) is 9.08. The standard InChI is InChI=1S/C14H18F2N2O/c15-11-6-4-5-10(12(11)16)13(19)18-14(9-17)7-2-1-3-8-14/h4-6H,1-3,7-9,17H2,(H,18,19). The monoisotopic (exact) mass is 268 g/mol. The topological polar surface area (TPSA) is 55.1 Å². The molecule has 1 fully saturated rings. The van der Waals surface area contributed by atoms with E-state index in [1.165, 1.54) is 12.1 Å². The SMILES string of the molecule is NCC1(NC(=O)c2cccc(F)c2F)CCCCC1. The Morgan fingerprint density at radius 1 is 1.26 bits per heavy atom. The lowest BCUT2D eigenvalue weighted by atomic mass is 9.81. The summed E-state index contributed by atoms with van der Waals surface area (Å²) in [6.07, 6.45) is 4.66. The van der Waals surface area contributed by atoms with Crippen LogP contribution in [0.25, 0.3) is 0 Å². The van der Waals surface area contributed by atoms with E-state index in [0.717, 1.165) is 38.2 Å². The van der Waals surface area contributed by atoms with Gasteiger partial charge < -0.3 is 11.1 Å². The number of hydrogen-bond donors (Lipinski definition) is 2. The maximum absolute atomic E-state index is 13.6. The van der Waals surface area contributed by atoms with E-state index >= 15 is 0 Å². The first-order valence-electron chi connectivity index (χ1n) is 6.55. The molecule has 1 amide bonds. The van der Waals surface area contributed by atoms with Gasteiger partial charge in [-0.25, -0.2) is 8.78 Å². The molecule has 0 unspecified atom stereocenters. The number of nitrogens with two attached hydrogens (primary N) is 1. The molecule has 0 heterocycles. The van der Waals surface area contributed by atoms with Crippen LogP contribution in [0.4, 0.5) is 8.78 Å². The Balaban J connectivity index is 2.17. The molecule has 0 bridgehead atoms. The first-order valence-corrected chi connectivity index (χ1v) is 6.55. The van der Waals surface area contributed by atoms with Gasteiger partial charge in [0, 0.05) is 6.54 Å². The summed E-state index contributed by atoms with van der Waals surface area (Å²) < 4.78 is 26.7. The van der Waals surface area contributed by atoms with Crippen LogP contribution < -0.4 is 11.1 Å². The summed E-state index contributed by atoms with van der Waals surface area (Å²) in [4.78, 5) is 12.1. The molecule has 1 aliphatic rings. The number of benzene rings is 1. The van der Waals surface area contributed by atoms with E-state index in [2.05, 4.69) is 5.32 Å². The molecule has 0 atom stereocenters. The number of rotatable bonds is 3. The lowest BCUT2D eigenvalue weighted by Gasteiger charge is -2.37. The predicted molar refractivity (Wildman–Crippen MR) is 68.7 cm³/mol. The summed E-state index contributed by atoms with van der Waals surface area (Å²) in [5.74, 6) is -2.72. The van der Waals surface area contributed by atoms with Gasteiger partial charge >= 0.3 is 0 Å². The predicted octanol–water partition coefficient (Wildman–Crippen LogP) is 2.36. The number of carbonyl (C=O) groups is 1. The highest BCUT2D eigenvalue weighted by atomic mass is 19.2. The molecule has 1 aliphatic carbocycles. The third-order valence-electron chi connectivity index (χ3n) is 3.78. The lowest BCUT2D eigenvalue weighted by Crippen LogP contribution is -2.54. The van der Waals surface area contributed by atoms with Crippen molar-refractivity contribution >= 4 is 5.91 Å². The number of nitrogens with one attached hydrogen (secondary N) is 1. The maximum Gasteiger partial charge on any atom is 0.254 e. The van der Waals surface area contributed by atoms with Gasteiger partial charge in [-0.15, -0.1) is 0 Å². The fourth-order valence-electron chi connectivity index (χ4n) is 2.60. The van der Waals surface area contributed by atoms with E-state index < -0.39 is 23.1 Å². The zero-order chi connectivity index (χ0) is 13.9. The molecule has 0 saturated heterocycles. The molecule has 1 aromatic rings. The zero-order valence-electron chi connectivity index (χ0n) is 10.7. The molecule has 3 nitrogen and oxygen atoms in total. The summed E-state index contributed by atoms with van der Waals surface area (Å²) in [6, 6.07) is 3.59. The van der Waals surface area contributed by atoms with Crippen LogP contribution in [0, 0.1) is 11.6 Å². The molecule has 0 radical (unpaired) electrons. The molecular formula is C14H18F2N2O. The van der Waals surface area contributed by atoms with Gasteiger partial charge in [-0.3, -0.25) is 4.79 Å². The van der Waals surface area contributed by atoms with Crippen molar-refractivity contribution in [3.8, 4) is 0 Å². The second-order valence-electron chi connectivity index (χ2n) is 5.10. The van der Waals surface area contributed by atoms with Crippen molar-refractivity contribution in [3.63, 3.8) is 0 Å². The number of halogens is 2. The van der Waals surface area contributed by atoms with Crippen molar-refractivity contribution < 1.29 is 13.6 Å². The van der Waals surface area contributed by atoms with Crippen molar-refractivity contribution in [3.05, 3.63) is 35.4 Å². The summed E-state index contributed by atoms with van der Waals surface area (Å²) >= 11 is 0. The third kappa shape index (κ3) is 2.92. The highest BCUT2D eigenvalue weighted by Gasteiger charge is 2.33. The normalized spacial score (nSPS) is 18.1. The van der Waals surface area contributed by atoms with Crippen molar-refractivity contribution in [2.24, 2.45) is 5.73 Å². The Hall–Kier alpha value is -1.49. The van der Waals surface area contributed by atoms with Crippen LogP contribution >= 0.6 is 0 Å². The van der Waals surface area contributed by atoms with E-state index in [0.29, 0.717) is 6.54 Å². The van der Waals surface area contributed by atoms with Gasteiger partial charge in [0.25, 0.3) is 5.91 Å². The Morgan fingerprint density at radius 2 is 1.95 bits per heavy atom. The molecule has 1 saturated carbocycles. The van der Waals surface area contributed by atoms with Crippen LogP contribution in [0.3, 0.4) is 0 Å². The Morgan fingerprint density at radius 3 is 2.58 bits per heavy atom. The van der Waals surface area contributed by atoms with E-state index in [1.807, 2.05) is 0 Å². The largest absolute Gasteiger partial charge is 0.345 e. The Labute approximate surface area is 111 Å². The highest BCUT2D eigenvalue weighted by Crippen LogP contribution is 2.27. The molecule has 0 spiro atoms. The van der Waals surface area contributed by atoms with Gasteiger partial charge in [-0.1, -0.05) is 25.3 Å². The Bertz CT molecular complexity index is 471. The molecule has 5 heteroatoms. The zero-order valence-corrected chi connectivity index (χ0v) is 10.7. The molecule has 104 valence electrons. The van der Waals surface area contributed by atoms with Crippen molar-refractivity contribution in [1.29, 1.82) is 0 Å². The summed E-state index contributed by atoms with van der Waals surface area (Å²) in [6.45, 7) is 0.315. The van der Waals surface area contributed by atoms with E-state index in [1.54, 1.807) is 0 Å². The number of amides is 1. The average Bonchev–Trinajstić information content (AvgIpc) is 2.42. The fraction of sp³-hybridized carbons (Fsp3) is 0.500. The maximum atomic E-state index is 13.6. The van der Waals surface area contributed by atoms with Crippen LogP contribution in [-0.4, -0.2) is 18.0 Å². The molecule has 2 rings (SSSR count). The van der Waals surface area contributed by atoms with Crippen LogP contribution in [-0.2, 0) is 0 Å². The minimum absolute atomic E-state index is 0.265. The van der Waals surface area contributed by atoms with E-state index in [-0.39, 0.29) is 5.56 Å². The van der Waals surface area contributed by atoms with Gasteiger partial charge in [-0.05, 0) is 25.0 Å². The molecule has 19 heavy (non-hydrogen) atoms. The average molecular weight is 268 g/mol. The smallest absolute Gasteiger partial charge is 0.254 e. The van der Waals surface area contributed by atoms with Crippen LogP contribution in [0.1, 0.15) is 42.5 Å². The van der Waals surface area contributed by atoms with Gasteiger partial charge in [0.15, 0.2) is 11.6 Å². The van der Waals surface area contributed by atoms with Crippen LogP contribution in [0.2, 0.25) is 0 Å². The van der Waals surface area contributed by atoms with E-state index in [4.69, 9.17) is 5.73 Å². The minimum atomic E-state index is -1.11. The highest BCUT2D eigenvalue weighted by molar-refractivity contribution is 5.95. The molecule has 0 aromatic heterocycles. The quantitative estimate of drug-likeness (QED) is 0.884. The van der Waals surface area contributed by atoms with Crippen LogP contribution in [0.15, 0.2) is 18.2 Å². The molecule has 1 aromatic carbocycles. The number of hydrogen-bond acceptors (Lipinski definition) is 2. The Kier molecular flexibility index (Phi) is 4.14. The second kappa shape index (κ2) is 5.65. The minimum Gasteiger partial charge on any atom is -0.345 e. The summed E-state index contributed by atoms with van der Waals surface area (Å²) in [5.41, 5.74) is 5.01. The van der Waals surface area contributed by atoms with Crippen molar-refractivity contribution in [2.75, 3.05) is 6.54 Å². The molecule has 0 aliphatic heterocycles. The van der Waals surface area contributed by atoms with Gasteiger partial charge in [0.1, 0.15) is 0 Å². The van der Waals surface area contributed by atoms with Crippen molar-refractivity contribution in [1.82, 2.24) is 5.32 Å². The summed E-state index contributed by atoms with van der Waals surface area (Å²) in [7, 11) is 0. The third-order valence-corrected chi connectivity index (χ3v) is 3.78. The van der Waals surface area contributed by atoms with Crippen LogP contribution in [0.5, 0.6) is 0 Å². The molecule has 3 N–H and O–H groups in total. The first kappa shape index (κ1) is 13.9.